The van der Waals surface area contributed by atoms with Crippen molar-refractivity contribution in [2.45, 2.75) is 20.8 Å². The number of nitrogens with one attached hydrogen (secondary N) is 2. The van der Waals surface area contributed by atoms with E-state index in [2.05, 4.69) is 5.32 Å². The molecular formula is C19H18F5N3O3S2. The van der Waals surface area contributed by atoms with Gasteiger partial charge in [0.05, 0.1) is 17.6 Å². The first-order chi connectivity index (χ1) is 15.0. The minimum atomic E-state index is -2.31. The summed E-state index contributed by atoms with van der Waals surface area (Å²) >= 11 is 5.75. The molecule has 1 aromatic heterocycles. The summed E-state index contributed by atoms with van der Waals surface area (Å²) in [6, 6.07) is 0. The van der Waals surface area contributed by atoms with Crippen LogP contribution in [0, 0.1) is 36.0 Å². The zero-order valence-electron chi connectivity index (χ0n) is 17.3. The molecule has 0 aliphatic carbocycles. The van der Waals surface area contributed by atoms with Crippen molar-refractivity contribution in [3.05, 3.63) is 45.1 Å². The van der Waals surface area contributed by atoms with Gasteiger partial charge in [-0.15, -0.1) is 11.3 Å². The summed E-state index contributed by atoms with van der Waals surface area (Å²) in [4.78, 5) is 26.7. The number of ether oxygens (including phenoxy) is 1. The number of carbonyl (C=O) groups excluding carboxylic acids is 2. The fourth-order valence-electron chi connectivity index (χ4n) is 2.77. The smallest absolute Gasteiger partial charge is 0.341 e. The Labute approximate surface area is 189 Å². The highest BCUT2D eigenvalue weighted by Crippen LogP contribution is 2.35. The van der Waals surface area contributed by atoms with Crippen LogP contribution in [0.25, 0.3) is 0 Å². The molecule has 0 saturated heterocycles. The van der Waals surface area contributed by atoms with Gasteiger partial charge in [-0.1, -0.05) is 0 Å². The van der Waals surface area contributed by atoms with Gasteiger partial charge < -0.3 is 20.3 Å². The molecule has 0 unspecified atom stereocenters. The third kappa shape index (κ3) is 4.67. The van der Waals surface area contributed by atoms with Gasteiger partial charge >= 0.3 is 5.97 Å². The molecule has 2 N–H and O–H groups in total. The number of rotatable bonds is 6. The van der Waals surface area contributed by atoms with E-state index >= 15 is 0 Å². The van der Waals surface area contributed by atoms with Gasteiger partial charge in [0.15, 0.2) is 28.4 Å². The average Bonchev–Trinajstić information content (AvgIpc) is 3.09. The molecule has 0 fully saturated rings. The van der Waals surface area contributed by atoms with E-state index in [0.29, 0.717) is 13.1 Å². The van der Waals surface area contributed by atoms with Crippen LogP contribution in [0.1, 0.15) is 39.4 Å². The minimum absolute atomic E-state index is 0.00812. The second-order valence-electron chi connectivity index (χ2n) is 6.25. The number of carbonyl (C=O) groups is 2. The fraction of sp³-hybridized carbons (Fsp3) is 0.316. The molecule has 2 aromatic rings. The Morgan fingerprint density at radius 3 is 1.94 bits per heavy atom. The van der Waals surface area contributed by atoms with Gasteiger partial charge in [-0.05, 0) is 38.6 Å². The van der Waals surface area contributed by atoms with E-state index < -0.39 is 45.9 Å². The van der Waals surface area contributed by atoms with Crippen molar-refractivity contribution in [2.75, 3.05) is 30.8 Å². The molecule has 0 saturated carbocycles. The van der Waals surface area contributed by atoms with Crippen molar-refractivity contribution in [1.29, 1.82) is 0 Å². The van der Waals surface area contributed by atoms with Crippen molar-refractivity contribution in [2.24, 2.45) is 0 Å². The number of benzene rings is 1. The first-order valence-electron chi connectivity index (χ1n) is 9.10. The Bertz CT molecular complexity index is 1060. The van der Waals surface area contributed by atoms with E-state index in [4.69, 9.17) is 17.0 Å². The van der Waals surface area contributed by atoms with Crippen molar-refractivity contribution >= 4 is 51.2 Å². The number of halogens is 5. The van der Waals surface area contributed by atoms with E-state index in [1.165, 1.54) is 11.8 Å². The molecule has 174 valence electrons. The molecular weight excluding hydrogens is 477 g/mol. The van der Waals surface area contributed by atoms with Crippen LogP contribution in [0.5, 0.6) is 0 Å². The van der Waals surface area contributed by atoms with Crippen LogP contribution < -0.4 is 10.6 Å². The Morgan fingerprint density at radius 2 is 1.47 bits per heavy atom. The van der Waals surface area contributed by atoms with Crippen LogP contribution in [0.2, 0.25) is 0 Å². The maximum absolute atomic E-state index is 13.9. The number of hydrogen-bond acceptors (Lipinski definition) is 5. The van der Waals surface area contributed by atoms with Crippen molar-refractivity contribution in [3.63, 3.8) is 0 Å². The molecule has 0 bridgehead atoms. The second kappa shape index (κ2) is 10.2. The Kier molecular flexibility index (Phi) is 8.13. The topological polar surface area (TPSA) is 70.7 Å². The molecule has 2 rings (SSSR count). The first kappa shape index (κ1) is 25.5. The fourth-order valence-corrected chi connectivity index (χ4v) is 4.21. The van der Waals surface area contributed by atoms with E-state index in [0.717, 1.165) is 18.4 Å². The van der Waals surface area contributed by atoms with Gasteiger partial charge in [-0.25, -0.2) is 26.7 Å². The van der Waals surface area contributed by atoms with E-state index in [1.807, 2.05) is 5.32 Å². The van der Waals surface area contributed by atoms with Crippen LogP contribution in [-0.4, -0.2) is 42.1 Å². The second-order valence-corrected chi connectivity index (χ2v) is 7.68. The summed E-state index contributed by atoms with van der Waals surface area (Å²) in [5.41, 5.74) is -1.15. The summed E-state index contributed by atoms with van der Waals surface area (Å²) in [7, 11) is 1.11. The van der Waals surface area contributed by atoms with E-state index in [-0.39, 0.29) is 26.9 Å². The average molecular weight is 495 g/mol. The lowest BCUT2D eigenvalue weighted by atomic mass is 10.1. The highest BCUT2D eigenvalue weighted by Gasteiger charge is 2.29. The summed E-state index contributed by atoms with van der Waals surface area (Å²) in [6.07, 6.45) is 0. The summed E-state index contributed by atoms with van der Waals surface area (Å²) in [5.74, 6) is -12.0. The quantitative estimate of drug-likeness (QED) is 0.197. The van der Waals surface area contributed by atoms with Gasteiger partial charge in [0.25, 0.3) is 5.91 Å². The Balaban J connectivity index is 2.45. The maximum Gasteiger partial charge on any atom is 0.341 e. The molecule has 0 radical (unpaired) electrons. The molecule has 0 aliphatic rings. The summed E-state index contributed by atoms with van der Waals surface area (Å²) in [6.45, 7) is 5.86. The standard InChI is InChI=1S/C19H18F5N3O3S2/c1-5-27(6-2)17(28)15-7(3)8(18(29)30-4)16(32-15)26-19(31)25-14-12(23)10(21)9(20)11(22)13(14)24/h5-6H2,1-4H3,(H2,25,26,31). The lowest BCUT2D eigenvalue weighted by Crippen LogP contribution is -2.30. The number of thiophene rings is 1. The zero-order chi connectivity index (χ0) is 24.3. The lowest BCUT2D eigenvalue weighted by Gasteiger charge is -2.18. The zero-order valence-corrected chi connectivity index (χ0v) is 18.9. The predicted octanol–water partition coefficient (Wildman–Crippen LogP) is 4.83. The van der Waals surface area contributed by atoms with Crippen LogP contribution >= 0.6 is 23.6 Å². The number of anilines is 2. The highest BCUT2D eigenvalue weighted by atomic mass is 32.1. The van der Waals surface area contributed by atoms with Gasteiger partial charge in [-0.3, -0.25) is 4.79 Å². The molecule has 1 heterocycles. The molecule has 0 atom stereocenters. The summed E-state index contributed by atoms with van der Waals surface area (Å²) < 4.78 is 72.6. The van der Waals surface area contributed by atoms with Gasteiger partial charge in [0.2, 0.25) is 5.82 Å². The Morgan fingerprint density at radius 1 is 0.969 bits per heavy atom. The SMILES string of the molecule is CCN(CC)C(=O)c1sc(NC(=S)Nc2c(F)c(F)c(F)c(F)c2F)c(C(=O)OC)c1C. The van der Waals surface area contributed by atoms with Crippen LogP contribution in [-0.2, 0) is 4.74 Å². The predicted molar refractivity (Wildman–Crippen MR) is 114 cm³/mol. The third-order valence-corrected chi connectivity index (χ3v) is 5.86. The lowest BCUT2D eigenvalue weighted by molar-refractivity contribution is 0.0601. The highest BCUT2D eigenvalue weighted by molar-refractivity contribution is 7.80. The molecule has 32 heavy (non-hydrogen) atoms. The molecule has 0 spiro atoms. The normalized spacial score (nSPS) is 10.7. The molecule has 1 aromatic carbocycles. The number of hydrogen-bond donors (Lipinski definition) is 2. The third-order valence-electron chi connectivity index (χ3n) is 4.46. The largest absolute Gasteiger partial charge is 0.465 e. The van der Waals surface area contributed by atoms with Crippen molar-refractivity contribution in [1.82, 2.24) is 4.90 Å². The maximum atomic E-state index is 13.9. The van der Waals surface area contributed by atoms with Gasteiger partial charge in [0, 0.05) is 13.1 Å². The van der Waals surface area contributed by atoms with E-state index in [1.54, 1.807) is 13.8 Å². The number of esters is 1. The van der Waals surface area contributed by atoms with Crippen molar-refractivity contribution in [3.8, 4) is 0 Å². The van der Waals surface area contributed by atoms with E-state index in [9.17, 15) is 31.5 Å². The molecule has 13 heteroatoms. The molecule has 0 aliphatic heterocycles. The summed E-state index contributed by atoms with van der Waals surface area (Å²) in [5, 5.41) is 3.78. The number of nitrogens with zero attached hydrogens (tertiary/aromatic N) is 1. The first-order valence-corrected chi connectivity index (χ1v) is 10.3. The van der Waals surface area contributed by atoms with Crippen LogP contribution in [0.3, 0.4) is 0 Å². The van der Waals surface area contributed by atoms with Gasteiger partial charge in [0.1, 0.15) is 10.7 Å². The molecule has 1 amide bonds. The van der Waals surface area contributed by atoms with Crippen molar-refractivity contribution < 1.29 is 36.3 Å². The van der Waals surface area contributed by atoms with Crippen LogP contribution in [0.4, 0.5) is 32.6 Å². The minimum Gasteiger partial charge on any atom is -0.465 e. The number of amides is 1. The van der Waals surface area contributed by atoms with Crippen LogP contribution in [0.15, 0.2) is 0 Å². The Hall–Kier alpha value is -2.80. The monoisotopic (exact) mass is 495 g/mol. The number of methoxy groups -OCH3 is 1. The molecule has 6 nitrogen and oxygen atoms in total. The van der Waals surface area contributed by atoms with Gasteiger partial charge in [-0.2, -0.15) is 0 Å². The number of thiocarbonyl (C=S) groups is 1.